The predicted octanol–water partition coefficient (Wildman–Crippen LogP) is 4.53. The van der Waals surface area contributed by atoms with Crippen LogP contribution in [0, 0.1) is 23.5 Å². The van der Waals surface area contributed by atoms with Crippen molar-refractivity contribution >= 4 is 17.6 Å². The second-order valence-corrected chi connectivity index (χ2v) is 7.59. The van der Waals surface area contributed by atoms with Crippen LogP contribution in [0.25, 0.3) is 0 Å². The molecule has 1 aliphatic heterocycles. The van der Waals surface area contributed by atoms with Crippen molar-refractivity contribution in [2.75, 3.05) is 18.0 Å². The van der Waals surface area contributed by atoms with E-state index in [9.17, 15) is 8.78 Å². The van der Waals surface area contributed by atoms with Crippen LogP contribution in [-0.2, 0) is 5.75 Å². The molecule has 0 amide bonds. The molecule has 0 radical (unpaired) electrons. The standard InChI is InChI=1S/C18H21F2N3S/c1-12-5-13(2)9-23(8-12)17-7-18(22-11-21-17)24-10-14-6-15(19)3-4-16(14)20/h3-4,6-7,11-13H,5,8-10H2,1-2H3. The number of halogens is 2. The second-order valence-electron chi connectivity index (χ2n) is 6.59. The zero-order chi connectivity index (χ0) is 17.1. The van der Waals surface area contributed by atoms with Crippen LogP contribution in [-0.4, -0.2) is 23.1 Å². The van der Waals surface area contributed by atoms with Crippen LogP contribution in [0.1, 0.15) is 25.8 Å². The fraction of sp³-hybridized carbons (Fsp3) is 0.444. The molecule has 2 aromatic rings. The Labute approximate surface area is 145 Å². The van der Waals surface area contributed by atoms with E-state index >= 15 is 0 Å². The quantitative estimate of drug-likeness (QED) is 0.599. The fourth-order valence-corrected chi connectivity index (χ4v) is 4.07. The number of benzene rings is 1. The van der Waals surface area contributed by atoms with Gasteiger partial charge >= 0.3 is 0 Å². The molecule has 0 saturated carbocycles. The Balaban J connectivity index is 1.70. The molecular weight excluding hydrogens is 328 g/mol. The summed E-state index contributed by atoms with van der Waals surface area (Å²) in [6, 6.07) is 5.46. The average molecular weight is 349 g/mol. The largest absolute Gasteiger partial charge is 0.356 e. The minimum atomic E-state index is -0.424. The van der Waals surface area contributed by atoms with Crippen LogP contribution in [0.5, 0.6) is 0 Å². The van der Waals surface area contributed by atoms with E-state index in [1.807, 2.05) is 6.07 Å². The molecule has 128 valence electrons. The number of thioether (sulfide) groups is 1. The van der Waals surface area contributed by atoms with Crippen molar-refractivity contribution < 1.29 is 8.78 Å². The van der Waals surface area contributed by atoms with Crippen molar-refractivity contribution in [3.8, 4) is 0 Å². The smallest absolute Gasteiger partial charge is 0.133 e. The molecular formula is C18H21F2N3S. The average Bonchev–Trinajstić information content (AvgIpc) is 2.55. The van der Waals surface area contributed by atoms with Crippen molar-refractivity contribution in [2.45, 2.75) is 31.0 Å². The van der Waals surface area contributed by atoms with Gasteiger partial charge in [-0.05, 0) is 36.5 Å². The normalized spacial score (nSPS) is 21.1. The molecule has 2 heterocycles. The number of hydrogen-bond donors (Lipinski definition) is 0. The molecule has 1 saturated heterocycles. The fourth-order valence-electron chi connectivity index (χ4n) is 3.24. The first kappa shape index (κ1) is 17.1. The van der Waals surface area contributed by atoms with E-state index in [-0.39, 0.29) is 0 Å². The molecule has 24 heavy (non-hydrogen) atoms. The minimum Gasteiger partial charge on any atom is -0.356 e. The molecule has 0 spiro atoms. The summed E-state index contributed by atoms with van der Waals surface area (Å²) in [5, 5.41) is 0.773. The lowest BCUT2D eigenvalue weighted by molar-refractivity contribution is 0.355. The van der Waals surface area contributed by atoms with Crippen molar-refractivity contribution in [1.82, 2.24) is 9.97 Å². The molecule has 1 fully saturated rings. The van der Waals surface area contributed by atoms with Gasteiger partial charge in [0.1, 0.15) is 28.8 Å². The van der Waals surface area contributed by atoms with Crippen molar-refractivity contribution in [3.05, 3.63) is 47.8 Å². The summed E-state index contributed by atoms with van der Waals surface area (Å²) in [6.45, 7) is 6.49. The van der Waals surface area contributed by atoms with E-state index in [0.717, 1.165) is 36.1 Å². The maximum atomic E-state index is 13.7. The predicted molar refractivity (Wildman–Crippen MR) is 93.1 cm³/mol. The Hall–Kier alpha value is -1.69. The Bertz CT molecular complexity index is 700. The van der Waals surface area contributed by atoms with Crippen molar-refractivity contribution in [2.24, 2.45) is 11.8 Å². The third-order valence-corrected chi connectivity index (χ3v) is 5.18. The first-order valence-electron chi connectivity index (χ1n) is 8.15. The number of anilines is 1. The number of hydrogen-bond acceptors (Lipinski definition) is 4. The van der Waals surface area contributed by atoms with Gasteiger partial charge in [-0.1, -0.05) is 13.8 Å². The highest BCUT2D eigenvalue weighted by Gasteiger charge is 2.23. The van der Waals surface area contributed by atoms with E-state index in [1.165, 1.54) is 24.2 Å². The Morgan fingerprint density at radius 3 is 2.62 bits per heavy atom. The number of aromatic nitrogens is 2. The van der Waals surface area contributed by atoms with Gasteiger partial charge in [-0.2, -0.15) is 0 Å². The number of rotatable bonds is 4. The van der Waals surface area contributed by atoms with Gasteiger partial charge in [-0.15, -0.1) is 11.8 Å². The summed E-state index contributed by atoms with van der Waals surface area (Å²) in [6.07, 6.45) is 2.78. The SMILES string of the molecule is CC1CC(C)CN(c2cc(SCc3cc(F)ccc3F)ncn2)C1. The maximum Gasteiger partial charge on any atom is 0.133 e. The van der Waals surface area contributed by atoms with Gasteiger partial charge in [0.25, 0.3) is 0 Å². The maximum absolute atomic E-state index is 13.7. The summed E-state index contributed by atoms with van der Waals surface area (Å²) < 4.78 is 27.0. The molecule has 3 nitrogen and oxygen atoms in total. The lowest BCUT2D eigenvalue weighted by Crippen LogP contribution is -2.39. The summed E-state index contributed by atoms with van der Waals surface area (Å²) in [4.78, 5) is 10.9. The Kier molecular flexibility index (Phi) is 5.33. The third-order valence-electron chi connectivity index (χ3n) is 4.20. The molecule has 1 aliphatic rings. The lowest BCUT2D eigenvalue weighted by atomic mass is 9.92. The monoisotopic (exact) mass is 349 g/mol. The van der Waals surface area contributed by atoms with Crippen molar-refractivity contribution in [3.63, 3.8) is 0 Å². The highest BCUT2D eigenvalue weighted by Crippen LogP contribution is 2.28. The van der Waals surface area contributed by atoms with Crippen LogP contribution < -0.4 is 4.90 Å². The number of nitrogens with zero attached hydrogens (tertiary/aromatic N) is 3. The molecule has 2 unspecified atom stereocenters. The van der Waals surface area contributed by atoms with E-state index < -0.39 is 11.6 Å². The van der Waals surface area contributed by atoms with Gasteiger partial charge in [0.05, 0.1) is 0 Å². The van der Waals surface area contributed by atoms with E-state index in [1.54, 1.807) is 6.33 Å². The summed E-state index contributed by atoms with van der Waals surface area (Å²) in [5.74, 6) is 1.71. The third kappa shape index (κ3) is 4.23. The van der Waals surface area contributed by atoms with Gasteiger partial charge in [0.15, 0.2) is 0 Å². The Morgan fingerprint density at radius 2 is 1.88 bits per heavy atom. The number of piperidine rings is 1. The molecule has 6 heteroatoms. The molecule has 0 bridgehead atoms. The highest BCUT2D eigenvalue weighted by atomic mass is 32.2. The summed E-state index contributed by atoms with van der Waals surface area (Å²) in [5.41, 5.74) is 0.348. The van der Waals surface area contributed by atoms with Gasteiger partial charge in [0.2, 0.25) is 0 Å². The van der Waals surface area contributed by atoms with E-state index in [0.29, 0.717) is 23.2 Å². The zero-order valence-corrected chi connectivity index (χ0v) is 14.7. The van der Waals surface area contributed by atoms with Crippen LogP contribution in [0.3, 0.4) is 0 Å². The Morgan fingerprint density at radius 1 is 1.12 bits per heavy atom. The van der Waals surface area contributed by atoms with E-state index in [2.05, 4.69) is 28.7 Å². The molecule has 1 aromatic carbocycles. The topological polar surface area (TPSA) is 29.0 Å². The molecule has 0 aliphatic carbocycles. The van der Waals surface area contributed by atoms with Crippen molar-refractivity contribution in [1.29, 1.82) is 0 Å². The minimum absolute atomic E-state index is 0.340. The first-order chi connectivity index (χ1) is 11.5. The molecule has 1 aromatic heterocycles. The van der Waals surface area contributed by atoms with Gasteiger partial charge in [-0.25, -0.2) is 18.7 Å². The van der Waals surface area contributed by atoms with E-state index in [4.69, 9.17) is 0 Å². The molecule has 0 N–H and O–H groups in total. The molecule has 3 rings (SSSR count). The molecule has 2 atom stereocenters. The van der Waals surface area contributed by atoms with Crippen LogP contribution in [0.2, 0.25) is 0 Å². The van der Waals surface area contributed by atoms with Crippen LogP contribution in [0.4, 0.5) is 14.6 Å². The first-order valence-corrected chi connectivity index (χ1v) is 9.13. The lowest BCUT2D eigenvalue weighted by Gasteiger charge is -2.35. The highest BCUT2D eigenvalue weighted by molar-refractivity contribution is 7.98. The second kappa shape index (κ2) is 7.47. The van der Waals surface area contributed by atoms with Gasteiger partial charge in [0, 0.05) is 30.5 Å². The van der Waals surface area contributed by atoms with Gasteiger partial charge < -0.3 is 4.90 Å². The van der Waals surface area contributed by atoms with Crippen LogP contribution >= 0.6 is 11.8 Å². The van der Waals surface area contributed by atoms with Crippen LogP contribution in [0.15, 0.2) is 35.6 Å². The van der Waals surface area contributed by atoms with Gasteiger partial charge in [-0.3, -0.25) is 0 Å². The zero-order valence-electron chi connectivity index (χ0n) is 13.9. The summed E-state index contributed by atoms with van der Waals surface area (Å²) >= 11 is 1.39. The summed E-state index contributed by atoms with van der Waals surface area (Å²) in [7, 11) is 0.